The highest BCUT2D eigenvalue weighted by Crippen LogP contribution is 2.13. The van der Waals surface area contributed by atoms with Gasteiger partial charge in [-0.05, 0) is 38.0 Å². The maximum Gasteiger partial charge on any atom is 0.295 e. The number of benzene rings is 1. The lowest BCUT2D eigenvalue weighted by atomic mass is 10.1. The molecule has 0 saturated heterocycles. The van der Waals surface area contributed by atoms with E-state index in [1.165, 1.54) is 10.1 Å². The van der Waals surface area contributed by atoms with Crippen LogP contribution in [0.1, 0.15) is 25.1 Å². The van der Waals surface area contributed by atoms with Gasteiger partial charge in [0.05, 0.1) is 12.7 Å². The number of aromatic nitrogens is 4. The van der Waals surface area contributed by atoms with E-state index >= 15 is 0 Å². The number of carbonyl (C=O) groups excluding carboxylic acids is 1. The molecule has 0 bridgehead atoms. The second-order valence-corrected chi connectivity index (χ2v) is 8.38. The maximum atomic E-state index is 13.1. The average molecular weight is 460 g/mol. The van der Waals surface area contributed by atoms with E-state index in [4.69, 9.17) is 0 Å². The normalized spacial score (nSPS) is 11.0. The standard InChI is InChI=1S/C25H29N7O2/c1-17(2)30-22-15-29-24(27-11-8-18-6-4-3-5-7-18)25(34)32(22)16-23(33)28-14-20-12-19-13-26-10-9-21(19)31-20/h3-7,9-10,12-13,15,17,30-31H,8,11,14,16H2,1-2H3,(H,27,29)(H,28,33). The fraction of sp³-hybridized carbons (Fsp3) is 0.280. The molecule has 0 saturated carbocycles. The first-order chi connectivity index (χ1) is 16.5. The number of rotatable bonds is 10. The molecule has 3 aromatic heterocycles. The highest BCUT2D eigenvalue weighted by molar-refractivity contribution is 5.80. The van der Waals surface area contributed by atoms with Gasteiger partial charge >= 0.3 is 0 Å². The molecule has 4 aromatic rings. The van der Waals surface area contributed by atoms with Crippen molar-refractivity contribution in [2.45, 2.75) is 39.4 Å². The van der Waals surface area contributed by atoms with Crippen LogP contribution >= 0.6 is 0 Å². The average Bonchev–Trinajstić information content (AvgIpc) is 3.25. The molecule has 9 nitrogen and oxygen atoms in total. The van der Waals surface area contributed by atoms with E-state index in [9.17, 15) is 9.59 Å². The number of hydrogen-bond acceptors (Lipinski definition) is 6. The summed E-state index contributed by atoms with van der Waals surface area (Å²) in [6.07, 6.45) is 5.83. The molecule has 0 atom stereocenters. The summed E-state index contributed by atoms with van der Waals surface area (Å²) in [5, 5.41) is 10.2. The van der Waals surface area contributed by atoms with Crippen LogP contribution in [0.2, 0.25) is 0 Å². The summed E-state index contributed by atoms with van der Waals surface area (Å²) < 4.78 is 1.42. The van der Waals surface area contributed by atoms with Crippen molar-refractivity contribution in [3.8, 4) is 0 Å². The third-order valence-electron chi connectivity index (χ3n) is 5.29. The minimum absolute atomic E-state index is 0.0763. The van der Waals surface area contributed by atoms with Crippen LogP contribution in [-0.4, -0.2) is 38.0 Å². The molecule has 0 aliphatic heterocycles. The maximum absolute atomic E-state index is 13.1. The first kappa shape index (κ1) is 23.0. The molecular formula is C25H29N7O2. The third-order valence-corrected chi connectivity index (χ3v) is 5.29. The molecule has 176 valence electrons. The van der Waals surface area contributed by atoms with Crippen molar-refractivity contribution in [2.75, 3.05) is 17.2 Å². The van der Waals surface area contributed by atoms with Gasteiger partial charge in [-0.25, -0.2) is 4.98 Å². The second kappa shape index (κ2) is 10.7. The summed E-state index contributed by atoms with van der Waals surface area (Å²) in [6, 6.07) is 13.9. The van der Waals surface area contributed by atoms with Gasteiger partial charge in [0.25, 0.3) is 5.56 Å². The third kappa shape index (κ3) is 5.80. The zero-order chi connectivity index (χ0) is 23.9. The Balaban J connectivity index is 1.44. The quantitative estimate of drug-likeness (QED) is 0.290. The highest BCUT2D eigenvalue weighted by atomic mass is 16.2. The molecule has 0 fully saturated rings. The fourth-order valence-corrected chi connectivity index (χ4v) is 3.67. The molecule has 0 unspecified atom stereocenters. The van der Waals surface area contributed by atoms with E-state index in [2.05, 4.69) is 30.9 Å². The lowest BCUT2D eigenvalue weighted by molar-refractivity contribution is -0.121. The Morgan fingerprint density at radius 3 is 2.74 bits per heavy atom. The molecule has 4 rings (SSSR count). The Morgan fingerprint density at radius 2 is 1.97 bits per heavy atom. The van der Waals surface area contributed by atoms with Gasteiger partial charge in [-0.2, -0.15) is 0 Å². The molecule has 1 aromatic carbocycles. The molecule has 1 amide bonds. The minimum Gasteiger partial charge on any atom is -0.368 e. The number of anilines is 2. The number of nitrogens with one attached hydrogen (secondary N) is 4. The number of aromatic amines is 1. The van der Waals surface area contributed by atoms with Crippen LogP contribution in [0.4, 0.5) is 11.6 Å². The van der Waals surface area contributed by atoms with Crippen molar-refractivity contribution in [1.82, 2.24) is 24.8 Å². The predicted octanol–water partition coefficient (Wildman–Crippen LogP) is 2.91. The molecule has 0 spiro atoms. The minimum atomic E-state index is -0.342. The monoisotopic (exact) mass is 459 g/mol. The van der Waals surface area contributed by atoms with Gasteiger partial charge < -0.3 is 20.9 Å². The molecule has 0 radical (unpaired) electrons. The fourth-order valence-electron chi connectivity index (χ4n) is 3.67. The summed E-state index contributed by atoms with van der Waals surface area (Å²) in [5.41, 5.74) is 2.65. The predicted molar refractivity (Wildman–Crippen MR) is 134 cm³/mol. The van der Waals surface area contributed by atoms with Gasteiger partial charge in [-0.3, -0.25) is 19.1 Å². The van der Waals surface area contributed by atoms with Gasteiger partial charge in [-0.15, -0.1) is 0 Å². The van der Waals surface area contributed by atoms with E-state index < -0.39 is 0 Å². The first-order valence-corrected chi connectivity index (χ1v) is 11.3. The van der Waals surface area contributed by atoms with Crippen molar-refractivity contribution >= 4 is 28.4 Å². The summed E-state index contributed by atoms with van der Waals surface area (Å²) in [6.45, 7) is 4.69. The van der Waals surface area contributed by atoms with Crippen LogP contribution in [0, 0.1) is 0 Å². The zero-order valence-electron chi connectivity index (χ0n) is 19.3. The number of H-pyrrole nitrogens is 1. The van der Waals surface area contributed by atoms with Crippen molar-refractivity contribution in [3.05, 3.63) is 82.7 Å². The van der Waals surface area contributed by atoms with E-state index in [-0.39, 0.29) is 29.9 Å². The van der Waals surface area contributed by atoms with E-state index in [1.807, 2.05) is 56.3 Å². The topological polar surface area (TPSA) is 117 Å². The Bertz CT molecular complexity index is 1280. The number of carbonyl (C=O) groups is 1. The number of amides is 1. The molecule has 34 heavy (non-hydrogen) atoms. The summed E-state index contributed by atoms with van der Waals surface area (Å²) >= 11 is 0. The van der Waals surface area contributed by atoms with E-state index in [0.29, 0.717) is 18.9 Å². The largest absolute Gasteiger partial charge is 0.368 e. The first-order valence-electron chi connectivity index (χ1n) is 11.3. The Morgan fingerprint density at radius 1 is 1.15 bits per heavy atom. The Labute approximate surface area is 197 Å². The van der Waals surface area contributed by atoms with Gasteiger partial charge in [0.2, 0.25) is 5.91 Å². The molecule has 3 heterocycles. The van der Waals surface area contributed by atoms with E-state index in [1.54, 1.807) is 18.6 Å². The Hall–Kier alpha value is -4.14. The van der Waals surface area contributed by atoms with Gasteiger partial charge in [-0.1, -0.05) is 30.3 Å². The summed E-state index contributed by atoms with van der Waals surface area (Å²) in [7, 11) is 0. The number of fused-ring (bicyclic) bond motifs is 1. The Kier molecular flexibility index (Phi) is 7.22. The van der Waals surface area contributed by atoms with Crippen molar-refractivity contribution in [3.63, 3.8) is 0 Å². The summed E-state index contributed by atoms with van der Waals surface area (Å²) in [5.74, 6) is 0.453. The number of hydrogen-bond donors (Lipinski definition) is 4. The van der Waals surface area contributed by atoms with Gasteiger partial charge in [0.15, 0.2) is 5.82 Å². The van der Waals surface area contributed by atoms with Gasteiger partial charge in [0, 0.05) is 41.6 Å². The van der Waals surface area contributed by atoms with Crippen molar-refractivity contribution < 1.29 is 4.79 Å². The van der Waals surface area contributed by atoms with Gasteiger partial charge in [0.1, 0.15) is 12.4 Å². The van der Waals surface area contributed by atoms with Crippen LogP contribution in [0.3, 0.4) is 0 Å². The molecular weight excluding hydrogens is 430 g/mol. The number of pyridine rings is 1. The molecule has 9 heteroatoms. The smallest absolute Gasteiger partial charge is 0.295 e. The van der Waals surface area contributed by atoms with Crippen LogP contribution in [0.15, 0.2) is 65.8 Å². The zero-order valence-corrected chi connectivity index (χ0v) is 19.3. The van der Waals surface area contributed by atoms with Crippen LogP contribution in [0.25, 0.3) is 10.9 Å². The lowest BCUT2D eigenvalue weighted by Gasteiger charge is -2.17. The number of nitrogens with zero attached hydrogens (tertiary/aromatic N) is 3. The van der Waals surface area contributed by atoms with Crippen LogP contribution < -0.4 is 21.5 Å². The SMILES string of the molecule is CC(C)Nc1cnc(NCCc2ccccc2)c(=O)n1CC(=O)NCc1cc2cnccc2[nH]1. The van der Waals surface area contributed by atoms with Crippen LogP contribution in [-0.2, 0) is 24.3 Å². The molecule has 0 aliphatic rings. The van der Waals surface area contributed by atoms with E-state index in [0.717, 1.165) is 23.0 Å². The lowest BCUT2D eigenvalue weighted by Crippen LogP contribution is -2.35. The molecule has 0 aliphatic carbocycles. The van der Waals surface area contributed by atoms with Crippen molar-refractivity contribution in [2.24, 2.45) is 0 Å². The van der Waals surface area contributed by atoms with Crippen LogP contribution in [0.5, 0.6) is 0 Å². The molecule has 4 N–H and O–H groups in total. The van der Waals surface area contributed by atoms with Crippen molar-refractivity contribution in [1.29, 1.82) is 0 Å². The second-order valence-electron chi connectivity index (χ2n) is 8.38. The summed E-state index contributed by atoms with van der Waals surface area (Å²) in [4.78, 5) is 37.5. The highest BCUT2D eigenvalue weighted by Gasteiger charge is 2.14.